The minimum atomic E-state index is -2.08. The van der Waals surface area contributed by atoms with Gasteiger partial charge in [-0.3, -0.25) is 10.1 Å². The summed E-state index contributed by atoms with van der Waals surface area (Å²) in [7, 11) is 0. The smallest absolute Gasteiger partial charge is 0.260 e. The Bertz CT molecular complexity index is 740. The molecule has 0 unspecified atom stereocenters. The van der Waals surface area contributed by atoms with E-state index in [1.165, 1.54) is 12.3 Å². The fourth-order valence-corrected chi connectivity index (χ4v) is 1.69. The molecule has 0 aliphatic carbocycles. The van der Waals surface area contributed by atoms with Gasteiger partial charge in [0.1, 0.15) is 5.82 Å². The first-order valence-corrected chi connectivity index (χ1v) is 6.17. The monoisotopic (exact) mass is 329 g/mol. The van der Waals surface area contributed by atoms with Crippen molar-refractivity contribution >= 4 is 29.1 Å². The van der Waals surface area contributed by atoms with E-state index in [-0.39, 0.29) is 11.2 Å². The van der Waals surface area contributed by atoms with Crippen molar-refractivity contribution in [3.63, 3.8) is 0 Å². The van der Waals surface area contributed by atoms with Crippen molar-refractivity contribution in [2.24, 2.45) is 0 Å². The van der Waals surface area contributed by atoms with Crippen molar-refractivity contribution in [1.29, 1.82) is 0 Å². The Morgan fingerprint density at radius 1 is 1.09 bits per heavy atom. The first-order chi connectivity index (χ1) is 10.4. The van der Waals surface area contributed by atoms with Gasteiger partial charge < -0.3 is 5.32 Å². The second kappa shape index (κ2) is 6.48. The molecular formula is C13H7F4N3OS. The molecule has 0 bridgehead atoms. The van der Waals surface area contributed by atoms with Gasteiger partial charge in [-0.1, -0.05) is 6.07 Å². The lowest BCUT2D eigenvalue weighted by molar-refractivity contribution is 0.0971. The van der Waals surface area contributed by atoms with Crippen molar-refractivity contribution in [1.82, 2.24) is 10.3 Å². The van der Waals surface area contributed by atoms with Crippen LogP contribution in [-0.4, -0.2) is 16.0 Å². The molecule has 114 valence electrons. The normalized spacial score (nSPS) is 10.2. The summed E-state index contributed by atoms with van der Waals surface area (Å²) in [5.41, 5.74) is -1.01. The van der Waals surface area contributed by atoms with Crippen molar-refractivity contribution in [3.05, 3.63) is 59.3 Å². The van der Waals surface area contributed by atoms with Gasteiger partial charge in [0, 0.05) is 6.20 Å². The molecule has 1 amide bonds. The van der Waals surface area contributed by atoms with E-state index in [4.69, 9.17) is 12.2 Å². The van der Waals surface area contributed by atoms with E-state index in [9.17, 15) is 22.4 Å². The van der Waals surface area contributed by atoms with E-state index in [1.54, 1.807) is 12.1 Å². The number of carbonyl (C=O) groups excluding carboxylic acids is 1. The summed E-state index contributed by atoms with van der Waals surface area (Å²) >= 11 is 4.78. The average molecular weight is 329 g/mol. The second-order valence-corrected chi connectivity index (χ2v) is 4.38. The average Bonchev–Trinajstić information content (AvgIpc) is 2.49. The lowest BCUT2D eigenvalue weighted by Crippen LogP contribution is -2.35. The molecule has 0 fully saturated rings. The third-order valence-corrected chi connectivity index (χ3v) is 2.68. The number of rotatable bonds is 2. The molecular weight excluding hydrogens is 322 g/mol. The van der Waals surface area contributed by atoms with Crippen LogP contribution in [0.25, 0.3) is 0 Å². The first-order valence-electron chi connectivity index (χ1n) is 5.76. The number of anilines is 1. The van der Waals surface area contributed by atoms with Crippen molar-refractivity contribution in [3.8, 4) is 0 Å². The van der Waals surface area contributed by atoms with Crippen LogP contribution in [0, 0.1) is 23.3 Å². The van der Waals surface area contributed by atoms with Crippen LogP contribution in [0.5, 0.6) is 0 Å². The standard InChI is InChI=1S/C13H7F4N3OS/c14-7-5-6(9(15)11(17)10(7)16)12(21)20-13(22)19-8-3-1-2-4-18-8/h1-5H,(H2,18,19,20,21,22). The maximum Gasteiger partial charge on any atom is 0.260 e. The highest BCUT2D eigenvalue weighted by Crippen LogP contribution is 2.18. The highest BCUT2D eigenvalue weighted by molar-refractivity contribution is 7.80. The third kappa shape index (κ3) is 3.37. The molecule has 0 saturated heterocycles. The van der Waals surface area contributed by atoms with E-state index in [0.717, 1.165) is 0 Å². The second-order valence-electron chi connectivity index (χ2n) is 3.97. The van der Waals surface area contributed by atoms with Crippen LogP contribution in [-0.2, 0) is 0 Å². The molecule has 0 atom stereocenters. The van der Waals surface area contributed by atoms with Gasteiger partial charge in [-0.05, 0) is 30.4 Å². The summed E-state index contributed by atoms with van der Waals surface area (Å²) in [5, 5.41) is 4.24. The van der Waals surface area contributed by atoms with Gasteiger partial charge in [-0.15, -0.1) is 0 Å². The molecule has 2 rings (SSSR count). The Kier molecular flexibility index (Phi) is 4.66. The Labute approximate surface area is 127 Å². The zero-order valence-corrected chi connectivity index (χ0v) is 11.5. The number of hydrogen-bond acceptors (Lipinski definition) is 3. The van der Waals surface area contributed by atoms with E-state index < -0.39 is 34.7 Å². The van der Waals surface area contributed by atoms with Crippen molar-refractivity contribution < 1.29 is 22.4 Å². The molecule has 2 aromatic rings. The van der Waals surface area contributed by atoms with E-state index in [2.05, 4.69) is 10.3 Å². The van der Waals surface area contributed by atoms with Crippen LogP contribution in [0.3, 0.4) is 0 Å². The lowest BCUT2D eigenvalue weighted by Gasteiger charge is -2.10. The molecule has 0 aliphatic heterocycles. The van der Waals surface area contributed by atoms with Gasteiger partial charge >= 0.3 is 0 Å². The molecule has 2 N–H and O–H groups in total. The summed E-state index contributed by atoms with van der Waals surface area (Å²) in [5.74, 6) is -8.50. The highest BCUT2D eigenvalue weighted by atomic mass is 32.1. The number of halogens is 4. The molecule has 9 heteroatoms. The lowest BCUT2D eigenvalue weighted by atomic mass is 10.1. The molecule has 4 nitrogen and oxygen atoms in total. The molecule has 22 heavy (non-hydrogen) atoms. The number of hydrogen-bond donors (Lipinski definition) is 2. The van der Waals surface area contributed by atoms with E-state index in [0.29, 0.717) is 5.82 Å². The molecule has 0 saturated carbocycles. The van der Waals surface area contributed by atoms with Crippen LogP contribution < -0.4 is 10.6 Å². The minimum Gasteiger partial charge on any atom is -0.317 e. The number of thiocarbonyl (C=S) groups is 1. The number of amides is 1. The SMILES string of the molecule is O=C(NC(=S)Nc1ccccn1)c1cc(F)c(F)c(F)c1F. The van der Waals surface area contributed by atoms with Gasteiger partial charge in [0.05, 0.1) is 5.56 Å². The van der Waals surface area contributed by atoms with Crippen molar-refractivity contribution in [2.75, 3.05) is 5.32 Å². The Morgan fingerprint density at radius 2 is 1.82 bits per heavy atom. The molecule has 1 aromatic carbocycles. The van der Waals surface area contributed by atoms with Crippen LogP contribution in [0.15, 0.2) is 30.5 Å². The Morgan fingerprint density at radius 3 is 2.45 bits per heavy atom. The van der Waals surface area contributed by atoms with Gasteiger partial charge in [0.15, 0.2) is 28.4 Å². The summed E-state index contributed by atoms with van der Waals surface area (Å²) in [6.07, 6.45) is 1.46. The Balaban J connectivity index is 2.14. The van der Waals surface area contributed by atoms with Crippen LogP contribution in [0.1, 0.15) is 10.4 Å². The minimum absolute atomic E-state index is 0.243. The zero-order chi connectivity index (χ0) is 16.3. The van der Waals surface area contributed by atoms with Crippen LogP contribution in [0.2, 0.25) is 0 Å². The molecule has 1 aromatic heterocycles. The molecule has 0 radical (unpaired) electrons. The number of nitrogens with one attached hydrogen (secondary N) is 2. The number of nitrogens with zero attached hydrogens (tertiary/aromatic N) is 1. The number of carbonyl (C=O) groups is 1. The fraction of sp³-hybridized carbons (Fsp3) is 0. The molecule has 0 aliphatic rings. The molecule has 1 heterocycles. The van der Waals surface area contributed by atoms with Crippen molar-refractivity contribution in [2.45, 2.75) is 0 Å². The predicted octanol–water partition coefficient (Wildman–Crippen LogP) is 2.76. The summed E-state index contributed by atoms with van der Waals surface area (Å²) in [6, 6.07) is 5.07. The number of aromatic nitrogens is 1. The van der Waals surface area contributed by atoms with Crippen LogP contribution in [0.4, 0.5) is 23.4 Å². The maximum absolute atomic E-state index is 13.5. The van der Waals surface area contributed by atoms with Gasteiger partial charge in [0.2, 0.25) is 0 Å². The van der Waals surface area contributed by atoms with Crippen LogP contribution >= 0.6 is 12.2 Å². The third-order valence-electron chi connectivity index (χ3n) is 2.48. The largest absolute Gasteiger partial charge is 0.317 e. The topological polar surface area (TPSA) is 54.0 Å². The summed E-state index contributed by atoms with van der Waals surface area (Å²) in [4.78, 5) is 15.6. The van der Waals surface area contributed by atoms with Gasteiger partial charge in [0.25, 0.3) is 5.91 Å². The first kappa shape index (κ1) is 15.8. The van der Waals surface area contributed by atoms with E-state index >= 15 is 0 Å². The predicted molar refractivity (Wildman–Crippen MR) is 74.2 cm³/mol. The van der Waals surface area contributed by atoms with Gasteiger partial charge in [-0.2, -0.15) is 0 Å². The van der Waals surface area contributed by atoms with Gasteiger partial charge in [-0.25, -0.2) is 22.5 Å². The quantitative estimate of drug-likeness (QED) is 0.385. The maximum atomic E-state index is 13.5. The number of benzene rings is 1. The number of pyridine rings is 1. The summed E-state index contributed by atoms with van der Waals surface area (Å²) in [6.45, 7) is 0. The fourth-order valence-electron chi connectivity index (χ4n) is 1.49. The Hall–Kier alpha value is -2.55. The summed E-state index contributed by atoms with van der Waals surface area (Å²) < 4.78 is 52.4. The molecule has 0 spiro atoms. The van der Waals surface area contributed by atoms with E-state index in [1.807, 2.05) is 5.32 Å². The highest BCUT2D eigenvalue weighted by Gasteiger charge is 2.23. The zero-order valence-electron chi connectivity index (χ0n) is 10.7.